The summed E-state index contributed by atoms with van der Waals surface area (Å²) in [5, 5.41) is 0. The third kappa shape index (κ3) is 12.5. The first-order valence-corrected chi connectivity index (χ1v) is 12.2. The van der Waals surface area contributed by atoms with Gasteiger partial charge in [-0.1, -0.05) is 0 Å². The minimum atomic E-state index is -1.47. The van der Waals surface area contributed by atoms with E-state index in [1.54, 1.807) is 0 Å². The van der Waals surface area contributed by atoms with Gasteiger partial charge in [0.2, 0.25) is 0 Å². The molecular formula is C10H34N4OSi2. The van der Waals surface area contributed by atoms with E-state index in [0.29, 0.717) is 0 Å². The van der Waals surface area contributed by atoms with Crippen LogP contribution in [0.25, 0.3) is 0 Å². The molecule has 0 amide bonds. The maximum Gasteiger partial charge on any atom is 0.173 e. The minimum absolute atomic E-state index is 0. The lowest BCUT2D eigenvalue weighted by Crippen LogP contribution is -2.44. The number of nitrogens with two attached hydrogens (primary N) is 2. The quantitative estimate of drug-likeness (QED) is 0.508. The molecule has 0 aromatic heterocycles. The monoisotopic (exact) mass is 282 g/mol. The van der Waals surface area contributed by atoms with Crippen LogP contribution in [0.2, 0.25) is 38.3 Å². The SMILES string of the molecule is C[Si](C)(CCCN)O[Si](C)(C)CCCN.N.N. The molecule has 0 aliphatic heterocycles. The molecule has 108 valence electrons. The highest BCUT2D eigenvalue weighted by Crippen LogP contribution is 2.23. The summed E-state index contributed by atoms with van der Waals surface area (Å²) in [4.78, 5) is 0. The van der Waals surface area contributed by atoms with Gasteiger partial charge in [-0.3, -0.25) is 0 Å². The summed E-state index contributed by atoms with van der Waals surface area (Å²) in [5.74, 6) is 0. The van der Waals surface area contributed by atoms with E-state index in [0.717, 1.165) is 25.9 Å². The van der Waals surface area contributed by atoms with Crippen molar-refractivity contribution in [1.29, 1.82) is 0 Å². The van der Waals surface area contributed by atoms with E-state index in [9.17, 15) is 0 Å². The van der Waals surface area contributed by atoms with Gasteiger partial charge < -0.3 is 27.9 Å². The van der Waals surface area contributed by atoms with Crippen LogP contribution in [-0.2, 0) is 4.12 Å². The number of rotatable bonds is 8. The summed E-state index contributed by atoms with van der Waals surface area (Å²) < 4.78 is 6.40. The molecule has 0 heterocycles. The van der Waals surface area contributed by atoms with Crippen molar-refractivity contribution in [2.45, 2.75) is 51.1 Å². The van der Waals surface area contributed by atoms with Crippen LogP contribution < -0.4 is 23.8 Å². The van der Waals surface area contributed by atoms with Crippen molar-refractivity contribution in [3.63, 3.8) is 0 Å². The molecule has 0 aromatic carbocycles. The van der Waals surface area contributed by atoms with Crippen molar-refractivity contribution < 1.29 is 4.12 Å². The Balaban J connectivity index is -0.000000980. The lowest BCUT2D eigenvalue weighted by atomic mass is 10.5. The van der Waals surface area contributed by atoms with Gasteiger partial charge in [0, 0.05) is 0 Å². The summed E-state index contributed by atoms with van der Waals surface area (Å²) in [6.07, 6.45) is 2.20. The van der Waals surface area contributed by atoms with Gasteiger partial charge >= 0.3 is 0 Å². The van der Waals surface area contributed by atoms with E-state index < -0.39 is 16.6 Å². The molecule has 0 rings (SSSR count). The largest absolute Gasteiger partial charge is 0.455 e. The second kappa shape index (κ2) is 10.2. The van der Waals surface area contributed by atoms with Crippen LogP contribution in [0.4, 0.5) is 0 Å². The van der Waals surface area contributed by atoms with Crippen LogP contribution in [0, 0.1) is 0 Å². The Morgan fingerprint density at radius 3 is 1.29 bits per heavy atom. The Kier molecular flexibility index (Phi) is 13.4. The Morgan fingerprint density at radius 1 is 0.765 bits per heavy atom. The van der Waals surface area contributed by atoms with Gasteiger partial charge in [-0.15, -0.1) is 0 Å². The third-order valence-corrected chi connectivity index (χ3v) is 10.1. The molecule has 17 heavy (non-hydrogen) atoms. The van der Waals surface area contributed by atoms with Gasteiger partial charge in [0.1, 0.15) is 0 Å². The summed E-state index contributed by atoms with van der Waals surface area (Å²) >= 11 is 0. The summed E-state index contributed by atoms with van der Waals surface area (Å²) in [5.41, 5.74) is 11.1. The molecule has 0 bridgehead atoms. The van der Waals surface area contributed by atoms with Crippen molar-refractivity contribution in [3.8, 4) is 0 Å². The summed E-state index contributed by atoms with van der Waals surface area (Å²) in [6, 6.07) is 2.37. The predicted molar refractivity (Wildman–Crippen MR) is 83.1 cm³/mol. The first kappa shape index (κ1) is 22.4. The second-order valence-electron chi connectivity index (χ2n) is 5.41. The lowest BCUT2D eigenvalue weighted by Gasteiger charge is -2.34. The van der Waals surface area contributed by atoms with Gasteiger partial charge in [-0.25, -0.2) is 0 Å². The highest BCUT2D eigenvalue weighted by atomic mass is 28.4. The second-order valence-corrected chi connectivity index (χ2v) is 14.3. The first-order valence-electron chi connectivity index (χ1n) is 5.93. The van der Waals surface area contributed by atoms with E-state index in [2.05, 4.69) is 26.2 Å². The molecule has 0 unspecified atom stereocenters. The summed E-state index contributed by atoms with van der Waals surface area (Å²) in [7, 11) is -2.94. The smallest absolute Gasteiger partial charge is 0.173 e. The van der Waals surface area contributed by atoms with Crippen LogP contribution in [0.5, 0.6) is 0 Å². The fraction of sp³-hybridized carbons (Fsp3) is 1.00. The highest BCUT2D eigenvalue weighted by Gasteiger charge is 2.31. The van der Waals surface area contributed by atoms with E-state index >= 15 is 0 Å². The van der Waals surface area contributed by atoms with Gasteiger partial charge in [-0.05, 0) is 64.2 Å². The molecular weight excluding hydrogens is 248 g/mol. The van der Waals surface area contributed by atoms with Gasteiger partial charge in [0.15, 0.2) is 16.6 Å². The van der Waals surface area contributed by atoms with E-state index in [1.807, 2.05) is 0 Å². The van der Waals surface area contributed by atoms with Crippen molar-refractivity contribution in [2.24, 2.45) is 11.5 Å². The molecule has 0 radical (unpaired) electrons. The third-order valence-electron chi connectivity index (χ3n) is 2.52. The fourth-order valence-electron chi connectivity index (χ4n) is 1.91. The molecule has 7 heteroatoms. The van der Waals surface area contributed by atoms with Gasteiger partial charge in [0.05, 0.1) is 0 Å². The molecule has 0 aromatic rings. The molecule has 0 saturated heterocycles. The number of hydrogen-bond acceptors (Lipinski definition) is 5. The molecule has 5 nitrogen and oxygen atoms in total. The average molecular weight is 283 g/mol. The predicted octanol–water partition coefficient (Wildman–Crippen LogP) is 2.43. The van der Waals surface area contributed by atoms with Crippen molar-refractivity contribution in [1.82, 2.24) is 12.3 Å². The zero-order valence-electron chi connectivity index (χ0n) is 12.2. The van der Waals surface area contributed by atoms with Crippen LogP contribution in [0.15, 0.2) is 0 Å². The zero-order valence-corrected chi connectivity index (χ0v) is 14.2. The van der Waals surface area contributed by atoms with Crippen molar-refractivity contribution >= 4 is 16.6 Å². The zero-order chi connectivity index (χ0) is 11.9. The molecule has 0 aliphatic carbocycles. The van der Waals surface area contributed by atoms with E-state index in [-0.39, 0.29) is 12.3 Å². The Bertz CT molecular complexity index is 162. The van der Waals surface area contributed by atoms with Crippen LogP contribution >= 0.6 is 0 Å². The standard InChI is InChI=1S/C10H28N2OSi2.2H3N/c1-14(2,9-5-7-11)13-15(3,4)10-6-8-12;;/h5-12H2,1-4H3;2*1H3. The van der Waals surface area contributed by atoms with Crippen molar-refractivity contribution in [3.05, 3.63) is 0 Å². The summed E-state index contributed by atoms with van der Waals surface area (Å²) in [6.45, 7) is 10.8. The van der Waals surface area contributed by atoms with E-state index in [4.69, 9.17) is 15.6 Å². The number of hydrogen-bond donors (Lipinski definition) is 4. The Morgan fingerprint density at radius 2 is 1.06 bits per heavy atom. The maximum atomic E-state index is 6.40. The normalized spacial score (nSPS) is 11.6. The average Bonchev–Trinajstić information content (AvgIpc) is 2.10. The maximum absolute atomic E-state index is 6.40. The molecule has 0 spiro atoms. The van der Waals surface area contributed by atoms with E-state index in [1.165, 1.54) is 12.1 Å². The lowest BCUT2D eigenvalue weighted by molar-refractivity contribution is 0.531. The first-order chi connectivity index (χ1) is 6.83. The van der Waals surface area contributed by atoms with Crippen LogP contribution in [-0.4, -0.2) is 29.7 Å². The van der Waals surface area contributed by atoms with Gasteiger partial charge in [0.25, 0.3) is 0 Å². The Labute approximate surface area is 109 Å². The molecule has 0 atom stereocenters. The highest BCUT2D eigenvalue weighted by molar-refractivity contribution is 6.84. The van der Waals surface area contributed by atoms with Crippen LogP contribution in [0.1, 0.15) is 12.8 Å². The fourth-order valence-corrected chi connectivity index (χ4v) is 10.8. The molecule has 10 N–H and O–H groups in total. The minimum Gasteiger partial charge on any atom is -0.455 e. The van der Waals surface area contributed by atoms with Gasteiger partial charge in [-0.2, -0.15) is 0 Å². The molecule has 0 saturated carbocycles. The topological polar surface area (TPSA) is 131 Å². The molecule has 0 fully saturated rings. The Hall–Kier alpha value is 0.234. The van der Waals surface area contributed by atoms with Crippen LogP contribution in [0.3, 0.4) is 0 Å². The molecule has 0 aliphatic rings. The van der Waals surface area contributed by atoms with Crippen molar-refractivity contribution in [2.75, 3.05) is 13.1 Å².